The molecule has 2 aromatic heterocycles. The molecule has 0 saturated carbocycles. The Hall–Kier alpha value is -2.65. The second kappa shape index (κ2) is 9.01. The minimum Gasteiger partial charge on any atom is -0.487 e. The Balaban J connectivity index is 1.92. The number of rotatable bonds is 6. The van der Waals surface area contributed by atoms with Gasteiger partial charge in [-0.1, -0.05) is 0 Å². The molecule has 6 nitrogen and oxygen atoms in total. The molecule has 0 N–H and O–H groups in total. The molecule has 0 amide bonds. The second-order valence-electron chi connectivity index (χ2n) is 7.12. The van der Waals surface area contributed by atoms with E-state index in [1.54, 1.807) is 19.2 Å². The lowest BCUT2D eigenvalue weighted by Gasteiger charge is -2.16. The highest BCUT2D eigenvalue weighted by atomic mass is 79.9. The third kappa shape index (κ3) is 4.73. The summed E-state index contributed by atoms with van der Waals surface area (Å²) in [5.74, 6) is -0.445. The molecule has 0 bridgehead atoms. The van der Waals surface area contributed by atoms with Crippen LogP contribution >= 0.6 is 15.9 Å². The maximum Gasteiger partial charge on any atom is 0.273 e. The molecule has 9 heteroatoms. The van der Waals surface area contributed by atoms with Crippen molar-refractivity contribution in [3.8, 4) is 11.4 Å². The summed E-state index contributed by atoms with van der Waals surface area (Å²) < 4.78 is 34.2. The van der Waals surface area contributed by atoms with Gasteiger partial charge in [0.25, 0.3) is 5.56 Å². The van der Waals surface area contributed by atoms with Crippen LogP contribution in [0.15, 0.2) is 39.7 Å². The van der Waals surface area contributed by atoms with Gasteiger partial charge < -0.3 is 9.64 Å². The van der Waals surface area contributed by atoms with Crippen molar-refractivity contribution in [2.24, 2.45) is 0 Å². The molecule has 158 valence electrons. The van der Waals surface area contributed by atoms with Gasteiger partial charge in [-0.25, -0.2) is 18.7 Å². The lowest BCUT2D eigenvalue weighted by atomic mass is 10.2. The average Bonchev–Trinajstić information content (AvgIpc) is 2.66. The standard InChI is InChI=1S/C21H21BrF2N4O2/c1-12-7-18(30-11-14-5-6-15(23)8-16(14)24)20(22)21(29)28(12)17-9-25-19(10-27(3)4)26-13(17)2/h5-9H,10-11H2,1-4H3. The van der Waals surface area contributed by atoms with Crippen molar-refractivity contribution in [3.63, 3.8) is 0 Å². The summed E-state index contributed by atoms with van der Waals surface area (Å²) in [5.41, 5.74) is 1.67. The van der Waals surface area contributed by atoms with Gasteiger partial charge in [-0.2, -0.15) is 0 Å². The molecular formula is C21H21BrF2N4O2. The van der Waals surface area contributed by atoms with E-state index in [-0.39, 0.29) is 28.0 Å². The molecule has 2 heterocycles. The van der Waals surface area contributed by atoms with Crippen LogP contribution in [0.1, 0.15) is 22.8 Å². The number of ether oxygens (including phenoxy) is 1. The highest BCUT2D eigenvalue weighted by molar-refractivity contribution is 9.10. The summed E-state index contributed by atoms with van der Waals surface area (Å²) in [6.07, 6.45) is 1.62. The molecule has 0 fully saturated rings. The van der Waals surface area contributed by atoms with E-state index in [2.05, 4.69) is 25.9 Å². The molecule has 0 atom stereocenters. The Morgan fingerprint density at radius 1 is 1.20 bits per heavy atom. The Kier molecular flexibility index (Phi) is 6.62. The molecule has 0 aliphatic rings. The molecule has 0 aliphatic heterocycles. The normalized spacial score (nSPS) is 11.2. The first kappa shape index (κ1) is 22.0. The van der Waals surface area contributed by atoms with Crippen molar-refractivity contribution in [2.45, 2.75) is 27.0 Å². The third-order valence-corrected chi connectivity index (χ3v) is 5.13. The van der Waals surface area contributed by atoms with Crippen molar-refractivity contribution in [1.82, 2.24) is 19.4 Å². The number of hydrogen-bond donors (Lipinski definition) is 0. The number of pyridine rings is 1. The van der Waals surface area contributed by atoms with Crippen LogP contribution in [-0.4, -0.2) is 33.5 Å². The molecule has 3 rings (SSSR count). The van der Waals surface area contributed by atoms with Crippen LogP contribution in [0.25, 0.3) is 5.69 Å². The van der Waals surface area contributed by atoms with E-state index >= 15 is 0 Å². The van der Waals surface area contributed by atoms with Crippen LogP contribution in [0.5, 0.6) is 5.75 Å². The first-order valence-corrected chi connectivity index (χ1v) is 9.93. The van der Waals surface area contributed by atoms with Crippen molar-refractivity contribution in [1.29, 1.82) is 0 Å². The fourth-order valence-electron chi connectivity index (χ4n) is 2.97. The number of benzene rings is 1. The molecule has 0 saturated heterocycles. The van der Waals surface area contributed by atoms with Crippen molar-refractivity contribution < 1.29 is 13.5 Å². The molecule has 0 spiro atoms. The van der Waals surface area contributed by atoms with E-state index < -0.39 is 11.6 Å². The van der Waals surface area contributed by atoms with Crippen LogP contribution in [0.2, 0.25) is 0 Å². The number of hydrogen-bond acceptors (Lipinski definition) is 5. The van der Waals surface area contributed by atoms with Gasteiger partial charge in [0.05, 0.1) is 24.1 Å². The first-order valence-electron chi connectivity index (χ1n) is 9.14. The quantitative estimate of drug-likeness (QED) is 0.537. The maximum atomic E-state index is 13.8. The minimum absolute atomic E-state index is 0.144. The summed E-state index contributed by atoms with van der Waals surface area (Å²) in [6, 6.07) is 4.92. The highest BCUT2D eigenvalue weighted by Gasteiger charge is 2.17. The zero-order valence-electron chi connectivity index (χ0n) is 17.0. The smallest absolute Gasteiger partial charge is 0.273 e. The van der Waals surface area contributed by atoms with Crippen LogP contribution in [0, 0.1) is 25.5 Å². The zero-order valence-corrected chi connectivity index (χ0v) is 18.6. The molecule has 30 heavy (non-hydrogen) atoms. The number of nitrogens with zero attached hydrogens (tertiary/aromatic N) is 4. The van der Waals surface area contributed by atoms with Crippen LogP contribution in [0.3, 0.4) is 0 Å². The van der Waals surface area contributed by atoms with Crippen LogP contribution < -0.4 is 10.3 Å². The van der Waals surface area contributed by atoms with Gasteiger partial charge in [-0.05, 0) is 56.0 Å². The monoisotopic (exact) mass is 478 g/mol. The lowest BCUT2D eigenvalue weighted by Crippen LogP contribution is -2.24. The molecule has 3 aromatic rings. The largest absolute Gasteiger partial charge is 0.487 e. The predicted octanol–water partition coefficient (Wildman–Crippen LogP) is 3.93. The summed E-state index contributed by atoms with van der Waals surface area (Å²) in [4.78, 5) is 23.8. The summed E-state index contributed by atoms with van der Waals surface area (Å²) in [6.45, 7) is 4.02. The van der Waals surface area contributed by atoms with Gasteiger partial charge in [0.2, 0.25) is 0 Å². The van der Waals surface area contributed by atoms with Crippen LogP contribution in [-0.2, 0) is 13.2 Å². The Morgan fingerprint density at radius 2 is 1.93 bits per heavy atom. The van der Waals surface area contributed by atoms with E-state index in [4.69, 9.17) is 4.74 Å². The number of aryl methyl sites for hydroxylation is 2. The summed E-state index contributed by atoms with van der Waals surface area (Å²) >= 11 is 3.28. The summed E-state index contributed by atoms with van der Waals surface area (Å²) in [7, 11) is 3.85. The topological polar surface area (TPSA) is 60.3 Å². The Labute approximate surface area is 181 Å². The van der Waals surface area contributed by atoms with Crippen molar-refractivity contribution >= 4 is 15.9 Å². The highest BCUT2D eigenvalue weighted by Crippen LogP contribution is 2.26. The van der Waals surface area contributed by atoms with Crippen LogP contribution in [0.4, 0.5) is 8.78 Å². The fourth-order valence-corrected chi connectivity index (χ4v) is 3.37. The van der Waals surface area contributed by atoms with Gasteiger partial charge in [-0.15, -0.1) is 0 Å². The second-order valence-corrected chi connectivity index (χ2v) is 7.92. The minimum atomic E-state index is -0.707. The van der Waals surface area contributed by atoms with E-state index in [0.29, 0.717) is 29.4 Å². The summed E-state index contributed by atoms with van der Waals surface area (Å²) in [5, 5.41) is 0. The number of aromatic nitrogens is 3. The molecule has 0 aliphatic carbocycles. The first-order chi connectivity index (χ1) is 14.2. The van der Waals surface area contributed by atoms with E-state index in [0.717, 1.165) is 12.1 Å². The third-order valence-electron chi connectivity index (χ3n) is 4.40. The molecule has 1 aromatic carbocycles. The van der Waals surface area contributed by atoms with Gasteiger partial charge in [0.15, 0.2) is 0 Å². The maximum absolute atomic E-state index is 13.8. The molecule has 0 radical (unpaired) electrons. The van der Waals surface area contributed by atoms with E-state index in [1.807, 2.05) is 25.9 Å². The Bertz CT molecular complexity index is 1150. The van der Waals surface area contributed by atoms with Gasteiger partial charge >= 0.3 is 0 Å². The fraction of sp³-hybridized carbons (Fsp3) is 0.286. The lowest BCUT2D eigenvalue weighted by molar-refractivity contribution is 0.296. The van der Waals surface area contributed by atoms with Gasteiger partial charge in [0, 0.05) is 23.4 Å². The molecule has 0 unspecified atom stereocenters. The van der Waals surface area contributed by atoms with E-state index in [1.165, 1.54) is 10.6 Å². The van der Waals surface area contributed by atoms with Gasteiger partial charge in [-0.3, -0.25) is 9.36 Å². The predicted molar refractivity (Wildman–Crippen MR) is 113 cm³/mol. The Morgan fingerprint density at radius 3 is 2.57 bits per heavy atom. The van der Waals surface area contributed by atoms with Gasteiger partial charge in [0.1, 0.15) is 34.3 Å². The van der Waals surface area contributed by atoms with Crippen molar-refractivity contribution in [2.75, 3.05) is 14.1 Å². The number of halogens is 3. The zero-order chi connectivity index (χ0) is 22.0. The average molecular weight is 479 g/mol. The molecular weight excluding hydrogens is 458 g/mol. The van der Waals surface area contributed by atoms with E-state index in [9.17, 15) is 13.6 Å². The SMILES string of the molecule is Cc1nc(CN(C)C)ncc1-n1c(C)cc(OCc2ccc(F)cc2F)c(Br)c1=O. The van der Waals surface area contributed by atoms with Crippen molar-refractivity contribution in [3.05, 3.63) is 79.7 Å².